The van der Waals surface area contributed by atoms with Gasteiger partial charge in [-0.25, -0.2) is 9.97 Å². The van der Waals surface area contributed by atoms with Crippen molar-refractivity contribution in [3.8, 4) is 0 Å². The van der Waals surface area contributed by atoms with Gasteiger partial charge in [0.05, 0.1) is 10.3 Å². The van der Waals surface area contributed by atoms with E-state index in [2.05, 4.69) is 34.0 Å². The fraction of sp³-hybridized carbons (Fsp3) is 0.500. The molecule has 4 rings (SSSR count). The highest BCUT2D eigenvalue weighted by molar-refractivity contribution is 7.20. The summed E-state index contributed by atoms with van der Waals surface area (Å²) in [7, 11) is 0. The van der Waals surface area contributed by atoms with Gasteiger partial charge in [-0.15, -0.1) is 11.3 Å². The molecule has 2 heterocycles. The van der Waals surface area contributed by atoms with Crippen molar-refractivity contribution in [3.63, 3.8) is 0 Å². The average Bonchev–Trinajstić information content (AvgIpc) is 3.38. The summed E-state index contributed by atoms with van der Waals surface area (Å²) in [6, 6.07) is 0. The van der Waals surface area contributed by atoms with Crippen molar-refractivity contribution in [3.05, 3.63) is 41.1 Å². The Morgan fingerprint density at radius 2 is 2.18 bits per heavy atom. The van der Waals surface area contributed by atoms with Gasteiger partial charge in [-0.05, 0) is 56.9 Å². The van der Waals surface area contributed by atoms with E-state index in [0.717, 1.165) is 44.5 Å². The Morgan fingerprint density at radius 3 is 2.82 bits per heavy atom. The Bertz CT molecular complexity index is 947. The van der Waals surface area contributed by atoms with Crippen molar-refractivity contribution >= 4 is 33.3 Å². The minimum Gasteiger partial charge on any atom is -0.369 e. The van der Waals surface area contributed by atoms with E-state index in [1.54, 1.807) is 6.33 Å². The summed E-state index contributed by atoms with van der Waals surface area (Å²) < 4.78 is 0. The first kappa shape index (κ1) is 19.1. The number of amides is 1. The van der Waals surface area contributed by atoms with Gasteiger partial charge in [0.1, 0.15) is 17.0 Å². The fourth-order valence-electron chi connectivity index (χ4n) is 4.56. The SMILES string of the molecule is C=C(C)CN(CC)C(=O)c1sc2ncnc(NC[C@@H]3C[C@H]4C=C[C@@H]3C4)c2c1C. The number of nitrogens with one attached hydrogen (secondary N) is 1. The molecule has 0 radical (unpaired) electrons. The zero-order valence-corrected chi connectivity index (χ0v) is 17.7. The lowest BCUT2D eigenvalue weighted by atomic mass is 9.93. The number of anilines is 1. The summed E-state index contributed by atoms with van der Waals surface area (Å²) in [5.74, 6) is 3.05. The van der Waals surface area contributed by atoms with Crippen LogP contribution in [-0.4, -0.2) is 40.4 Å². The number of fused-ring (bicyclic) bond motifs is 3. The monoisotopic (exact) mass is 396 g/mol. The molecule has 1 N–H and O–H groups in total. The highest BCUT2D eigenvalue weighted by atomic mass is 32.1. The molecule has 2 aliphatic carbocycles. The van der Waals surface area contributed by atoms with E-state index in [-0.39, 0.29) is 5.91 Å². The van der Waals surface area contributed by atoms with Crippen LogP contribution in [0.4, 0.5) is 5.82 Å². The van der Waals surface area contributed by atoms with Crippen LogP contribution in [0, 0.1) is 24.7 Å². The summed E-state index contributed by atoms with van der Waals surface area (Å²) in [6.45, 7) is 12.1. The molecule has 1 amide bonds. The number of rotatable bonds is 7. The van der Waals surface area contributed by atoms with E-state index >= 15 is 0 Å². The molecule has 1 saturated carbocycles. The van der Waals surface area contributed by atoms with E-state index < -0.39 is 0 Å². The molecule has 3 atom stereocenters. The van der Waals surface area contributed by atoms with E-state index in [9.17, 15) is 4.79 Å². The van der Waals surface area contributed by atoms with Crippen LogP contribution < -0.4 is 5.32 Å². The smallest absolute Gasteiger partial charge is 0.264 e. The Kier molecular flexibility index (Phi) is 5.23. The number of hydrogen-bond acceptors (Lipinski definition) is 5. The number of carbonyl (C=O) groups is 1. The van der Waals surface area contributed by atoms with Crippen LogP contribution in [-0.2, 0) is 0 Å². The zero-order chi connectivity index (χ0) is 19.8. The topological polar surface area (TPSA) is 58.1 Å². The number of aromatic nitrogens is 2. The van der Waals surface area contributed by atoms with Crippen molar-refractivity contribution in [2.75, 3.05) is 25.0 Å². The number of aryl methyl sites for hydroxylation is 1. The molecule has 28 heavy (non-hydrogen) atoms. The summed E-state index contributed by atoms with van der Waals surface area (Å²) in [6.07, 6.45) is 8.92. The molecule has 2 aromatic rings. The molecule has 0 spiro atoms. The van der Waals surface area contributed by atoms with Crippen molar-refractivity contribution < 1.29 is 4.79 Å². The van der Waals surface area contributed by atoms with Gasteiger partial charge in [0.2, 0.25) is 0 Å². The van der Waals surface area contributed by atoms with Gasteiger partial charge in [-0.1, -0.05) is 24.3 Å². The van der Waals surface area contributed by atoms with Crippen molar-refractivity contribution in [1.29, 1.82) is 0 Å². The van der Waals surface area contributed by atoms with Crippen molar-refractivity contribution in [2.24, 2.45) is 17.8 Å². The number of carbonyl (C=O) groups excluding carboxylic acids is 1. The second-order valence-electron chi connectivity index (χ2n) is 8.16. The van der Waals surface area contributed by atoms with Gasteiger partial charge in [-0.2, -0.15) is 0 Å². The third kappa shape index (κ3) is 3.46. The standard InChI is InChI=1S/C22H28N4OS/c1-5-26(11-13(2)3)22(27)19-14(4)18-20(24-12-25-21(18)28-19)23-10-17-9-15-6-7-16(17)8-15/h6-7,12,15-17H,2,5,8-11H2,1,3-4H3,(H,23,24,25)/t15-,16+,17-/m0/s1. The van der Waals surface area contributed by atoms with Crippen LogP contribution in [0.25, 0.3) is 10.2 Å². The van der Waals surface area contributed by atoms with Crippen LogP contribution >= 0.6 is 11.3 Å². The zero-order valence-electron chi connectivity index (χ0n) is 16.9. The Labute approximate surface area is 170 Å². The quantitative estimate of drug-likeness (QED) is 0.692. The molecule has 0 aromatic carbocycles. The van der Waals surface area contributed by atoms with Crippen LogP contribution in [0.15, 0.2) is 30.6 Å². The normalized spacial score (nSPS) is 22.8. The molecule has 0 unspecified atom stereocenters. The first-order valence-electron chi connectivity index (χ1n) is 10.1. The lowest BCUT2D eigenvalue weighted by Crippen LogP contribution is -2.32. The van der Waals surface area contributed by atoms with Crippen LogP contribution in [0.2, 0.25) is 0 Å². The summed E-state index contributed by atoms with van der Waals surface area (Å²) in [5.41, 5.74) is 1.96. The Balaban J connectivity index is 1.58. The van der Waals surface area contributed by atoms with Crippen molar-refractivity contribution in [2.45, 2.75) is 33.6 Å². The molecule has 2 aliphatic rings. The first-order valence-corrected chi connectivity index (χ1v) is 10.9. The van der Waals surface area contributed by atoms with Gasteiger partial charge in [-0.3, -0.25) is 4.79 Å². The lowest BCUT2D eigenvalue weighted by molar-refractivity contribution is 0.0782. The van der Waals surface area contributed by atoms with E-state index in [4.69, 9.17) is 0 Å². The maximum Gasteiger partial charge on any atom is 0.264 e. The summed E-state index contributed by atoms with van der Waals surface area (Å²) in [4.78, 5) is 25.5. The van der Waals surface area contributed by atoms with Gasteiger partial charge in [0.15, 0.2) is 0 Å². The number of allylic oxidation sites excluding steroid dienone is 2. The molecular weight excluding hydrogens is 368 g/mol. The number of likely N-dealkylation sites (N-methyl/N-ethyl adjacent to an activating group) is 1. The molecule has 2 aromatic heterocycles. The number of nitrogens with zero attached hydrogens (tertiary/aromatic N) is 3. The highest BCUT2D eigenvalue weighted by Crippen LogP contribution is 2.43. The third-order valence-electron chi connectivity index (χ3n) is 6.00. The van der Waals surface area contributed by atoms with E-state index in [1.165, 1.54) is 24.2 Å². The lowest BCUT2D eigenvalue weighted by Gasteiger charge is -2.20. The summed E-state index contributed by atoms with van der Waals surface area (Å²) >= 11 is 1.46. The van der Waals surface area contributed by atoms with Crippen LogP contribution in [0.1, 0.15) is 41.9 Å². The van der Waals surface area contributed by atoms with Crippen LogP contribution in [0.3, 0.4) is 0 Å². The maximum absolute atomic E-state index is 13.1. The minimum absolute atomic E-state index is 0.0511. The second kappa shape index (κ2) is 7.66. The van der Waals surface area contributed by atoms with Crippen molar-refractivity contribution in [1.82, 2.24) is 14.9 Å². The highest BCUT2D eigenvalue weighted by Gasteiger charge is 2.35. The van der Waals surface area contributed by atoms with Gasteiger partial charge in [0, 0.05) is 19.6 Å². The molecule has 1 fully saturated rings. The second-order valence-corrected chi connectivity index (χ2v) is 9.16. The predicted octanol–water partition coefficient (Wildman–Crippen LogP) is 4.66. The molecule has 148 valence electrons. The third-order valence-corrected chi connectivity index (χ3v) is 7.19. The molecule has 0 saturated heterocycles. The largest absolute Gasteiger partial charge is 0.369 e. The Morgan fingerprint density at radius 1 is 1.36 bits per heavy atom. The number of hydrogen-bond donors (Lipinski definition) is 1. The summed E-state index contributed by atoms with van der Waals surface area (Å²) in [5, 5.41) is 4.55. The van der Waals surface area contributed by atoms with Gasteiger partial charge >= 0.3 is 0 Å². The number of thiophene rings is 1. The van der Waals surface area contributed by atoms with E-state index in [0.29, 0.717) is 24.9 Å². The molecule has 0 aliphatic heterocycles. The Hall–Kier alpha value is -2.21. The van der Waals surface area contributed by atoms with E-state index in [1.807, 2.05) is 25.7 Å². The maximum atomic E-state index is 13.1. The molecule has 6 heteroatoms. The molecular formula is C22H28N4OS. The predicted molar refractivity (Wildman–Crippen MR) is 116 cm³/mol. The molecule has 5 nitrogen and oxygen atoms in total. The molecule has 2 bridgehead atoms. The fourth-order valence-corrected chi connectivity index (χ4v) is 5.68. The first-order chi connectivity index (χ1) is 13.5. The van der Waals surface area contributed by atoms with Gasteiger partial charge < -0.3 is 10.2 Å². The van der Waals surface area contributed by atoms with Crippen LogP contribution in [0.5, 0.6) is 0 Å². The average molecular weight is 397 g/mol. The van der Waals surface area contributed by atoms with Gasteiger partial charge in [0.25, 0.3) is 5.91 Å². The minimum atomic E-state index is 0.0511.